The molecule has 0 unspecified atom stereocenters. The summed E-state index contributed by atoms with van der Waals surface area (Å²) in [5.74, 6) is 1.37. The van der Waals surface area contributed by atoms with E-state index in [1.165, 1.54) is 0 Å². The first-order valence-corrected chi connectivity index (χ1v) is 5.73. The first-order valence-electron chi connectivity index (χ1n) is 3.83. The number of hydrogen-bond donors (Lipinski definition) is 0. The van der Waals surface area contributed by atoms with Crippen LogP contribution in [-0.2, 0) is 0 Å². The van der Waals surface area contributed by atoms with Crippen molar-refractivity contribution in [2.24, 2.45) is 0 Å². The van der Waals surface area contributed by atoms with Crippen LogP contribution in [0.2, 0.25) is 5.02 Å². The van der Waals surface area contributed by atoms with Gasteiger partial charge in [-0.2, -0.15) is 0 Å². The fourth-order valence-electron chi connectivity index (χ4n) is 0.781. The monoisotopic (exact) mass is 232 g/mol. The average molecular weight is 233 g/mol. The van der Waals surface area contributed by atoms with Crippen molar-refractivity contribution < 1.29 is 0 Å². The Morgan fingerprint density at radius 3 is 2.85 bits per heavy atom. The molecule has 0 nitrogen and oxygen atoms in total. The molecule has 0 fully saturated rings. The molecule has 0 amide bonds. The van der Waals surface area contributed by atoms with Gasteiger partial charge >= 0.3 is 0 Å². The van der Waals surface area contributed by atoms with Gasteiger partial charge in [0.1, 0.15) is 0 Å². The molecule has 0 aliphatic rings. The maximum absolute atomic E-state index is 5.83. The van der Waals surface area contributed by atoms with Crippen molar-refractivity contribution in [1.82, 2.24) is 0 Å². The molecule has 0 N–H and O–H groups in total. The highest BCUT2D eigenvalue weighted by atomic mass is 35.5. The Kier molecular flexibility index (Phi) is 4.71. The standard InChI is InChI=1S/C10H10Cl2S/c1-8(6-11)7-13-10-4-2-3-9(12)5-10/h2-5H,1,6-7H2. The molecule has 3 heteroatoms. The van der Waals surface area contributed by atoms with Crippen molar-refractivity contribution in [2.75, 3.05) is 11.6 Å². The Bertz CT molecular complexity index is 297. The molecule has 70 valence electrons. The Morgan fingerprint density at radius 2 is 2.23 bits per heavy atom. The van der Waals surface area contributed by atoms with Gasteiger partial charge in [-0.1, -0.05) is 29.8 Å². The Balaban J connectivity index is 2.50. The second-order valence-corrected chi connectivity index (χ2v) is 4.38. The minimum Gasteiger partial charge on any atom is -0.122 e. The van der Waals surface area contributed by atoms with Crippen molar-refractivity contribution in [3.8, 4) is 0 Å². The highest BCUT2D eigenvalue weighted by Gasteiger charge is 1.96. The molecule has 0 aromatic heterocycles. The first kappa shape index (κ1) is 11.0. The highest BCUT2D eigenvalue weighted by Crippen LogP contribution is 2.23. The predicted molar refractivity (Wildman–Crippen MR) is 62.0 cm³/mol. The van der Waals surface area contributed by atoms with E-state index in [1.807, 2.05) is 24.3 Å². The summed E-state index contributed by atoms with van der Waals surface area (Å²) in [7, 11) is 0. The van der Waals surface area contributed by atoms with E-state index in [4.69, 9.17) is 23.2 Å². The third-order valence-electron chi connectivity index (χ3n) is 1.43. The van der Waals surface area contributed by atoms with E-state index in [0.717, 1.165) is 21.2 Å². The lowest BCUT2D eigenvalue weighted by Crippen LogP contribution is -1.85. The van der Waals surface area contributed by atoms with Gasteiger partial charge in [0, 0.05) is 21.6 Å². The van der Waals surface area contributed by atoms with Gasteiger partial charge in [0.05, 0.1) is 0 Å². The van der Waals surface area contributed by atoms with E-state index in [9.17, 15) is 0 Å². The lowest BCUT2D eigenvalue weighted by molar-refractivity contribution is 1.41. The van der Waals surface area contributed by atoms with Crippen molar-refractivity contribution in [3.63, 3.8) is 0 Å². The fourth-order valence-corrected chi connectivity index (χ4v) is 2.10. The zero-order valence-corrected chi connectivity index (χ0v) is 9.42. The van der Waals surface area contributed by atoms with Crippen LogP contribution in [0.15, 0.2) is 41.3 Å². The van der Waals surface area contributed by atoms with E-state index in [-0.39, 0.29) is 0 Å². The number of rotatable bonds is 4. The number of alkyl halides is 1. The second kappa shape index (κ2) is 5.58. The molecule has 13 heavy (non-hydrogen) atoms. The maximum Gasteiger partial charge on any atom is 0.0439 e. The van der Waals surface area contributed by atoms with E-state index < -0.39 is 0 Å². The van der Waals surface area contributed by atoms with E-state index in [0.29, 0.717) is 5.88 Å². The molecular weight excluding hydrogens is 223 g/mol. The second-order valence-electron chi connectivity index (χ2n) is 2.63. The lowest BCUT2D eigenvalue weighted by Gasteiger charge is -2.02. The van der Waals surface area contributed by atoms with Crippen LogP contribution in [0.3, 0.4) is 0 Å². The summed E-state index contributed by atoms with van der Waals surface area (Å²) in [5.41, 5.74) is 1.03. The molecule has 1 aromatic rings. The molecule has 0 saturated heterocycles. The van der Waals surface area contributed by atoms with E-state index in [2.05, 4.69) is 6.58 Å². The minimum atomic E-state index is 0.521. The van der Waals surface area contributed by atoms with E-state index in [1.54, 1.807) is 11.8 Å². The SMILES string of the molecule is C=C(CCl)CSc1cccc(Cl)c1. The van der Waals surface area contributed by atoms with Crippen molar-refractivity contribution in [2.45, 2.75) is 4.90 Å². The van der Waals surface area contributed by atoms with E-state index >= 15 is 0 Å². The third-order valence-corrected chi connectivity index (χ3v) is 3.18. The molecule has 0 heterocycles. The van der Waals surface area contributed by atoms with Crippen LogP contribution >= 0.6 is 35.0 Å². The summed E-state index contributed by atoms with van der Waals surface area (Å²) in [6, 6.07) is 7.77. The molecule has 0 radical (unpaired) electrons. The zero-order chi connectivity index (χ0) is 9.68. The van der Waals surface area contributed by atoms with Gasteiger partial charge in [-0.05, 0) is 18.2 Å². The van der Waals surface area contributed by atoms with Gasteiger partial charge in [-0.3, -0.25) is 0 Å². The van der Waals surface area contributed by atoms with Crippen LogP contribution in [0.1, 0.15) is 0 Å². The van der Waals surface area contributed by atoms with Gasteiger partial charge in [-0.15, -0.1) is 23.4 Å². The topological polar surface area (TPSA) is 0 Å². The van der Waals surface area contributed by atoms with Gasteiger partial charge in [-0.25, -0.2) is 0 Å². The summed E-state index contributed by atoms with van der Waals surface area (Å²) in [6.07, 6.45) is 0. The van der Waals surface area contributed by atoms with Crippen LogP contribution in [0.5, 0.6) is 0 Å². The predicted octanol–water partition coefficient (Wildman–Crippen LogP) is 4.23. The molecule has 0 atom stereocenters. The third kappa shape index (κ3) is 4.08. The molecular formula is C10H10Cl2S. The molecule has 0 spiro atoms. The quantitative estimate of drug-likeness (QED) is 0.426. The lowest BCUT2D eigenvalue weighted by atomic mass is 10.4. The van der Waals surface area contributed by atoms with Crippen molar-refractivity contribution in [3.05, 3.63) is 41.4 Å². The van der Waals surface area contributed by atoms with Gasteiger partial charge in [0.2, 0.25) is 0 Å². The zero-order valence-electron chi connectivity index (χ0n) is 7.09. The summed E-state index contributed by atoms with van der Waals surface area (Å²) in [4.78, 5) is 1.15. The van der Waals surface area contributed by atoms with Crippen LogP contribution in [0, 0.1) is 0 Å². The normalized spacial score (nSPS) is 10.0. The van der Waals surface area contributed by atoms with Crippen molar-refractivity contribution >= 4 is 35.0 Å². The number of halogens is 2. The summed E-state index contributed by atoms with van der Waals surface area (Å²) >= 11 is 13.1. The van der Waals surface area contributed by atoms with Crippen LogP contribution < -0.4 is 0 Å². The summed E-state index contributed by atoms with van der Waals surface area (Å²) in [6.45, 7) is 3.82. The number of thioether (sulfide) groups is 1. The number of benzene rings is 1. The fraction of sp³-hybridized carbons (Fsp3) is 0.200. The molecule has 0 aliphatic carbocycles. The molecule has 0 saturated carbocycles. The Morgan fingerprint density at radius 1 is 1.46 bits per heavy atom. The van der Waals surface area contributed by atoms with Crippen LogP contribution in [0.4, 0.5) is 0 Å². The Hall–Kier alpha value is -0.110. The Labute approximate surface area is 92.9 Å². The molecule has 1 aromatic carbocycles. The van der Waals surface area contributed by atoms with Gasteiger partial charge < -0.3 is 0 Å². The molecule has 1 rings (SSSR count). The minimum absolute atomic E-state index is 0.521. The highest BCUT2D eigenvalue weighted by molar-refractivity contribution is 7.99. The number of hydrogen-bond acceptors (Lipinski definition) is 1. The summed E-state index contributed by atoms with van der Waals surface area (Å²) < 4.78 is 0. The van der Waals surface area contributed by atoms with Crippen LogP contribution in [-0.4, -0.2) is 11.6 Å². The molecule has 0 aliphatic heterocycles. The van der Waals surface area contributed by atoms with Crippen molar-refractivity contribution in [1.29, 1.82) is 0 Å². The molecule has 0 bridgehead atoms. The van der Waals surface area contributed by atoms with Gasteiger partial charge in [0.15, 0.2) is 0 Å². The average Bonchev–Trinajstić information content (AvgIpc) is 2.14. The largest absolute Gasteiger partial charge is 0.122 e. The summed E-state index contributed by atoms with van der Waals surface area (Å²) in [5, 5.41) is 0.765. The van der Waals surface area contributed by atoms with Gasteiger partial charge in [0.25, 0.3) is 0 Å². The first-order chi connectivity index (χ1) is 6.22. The smallest absolute Gasteiger partial charge is 0.0439 e. The maximum atomic E-state index is 5.83. The van der Waals surface area contributed by atoms with Crippen LogP contribution in [0.25, 0.3) is 0 Å².